The minimum absolute atomic E-state index is 0.0422. The van der Waals surface area contributed by atoms with E-state index in [2.05, 4.69) is 39.8 Å². The number of Topliss-reactive ketones (excluding diaryl/α,β-unsaturated/α-hetero) is 1. The Kier molecular flexibility index (Phi) is 4.48. The Hall–Kier alpha value is -0.570. The van der Waals surface area contributed by atoms with Crippen LogP contribution in [0.25, 0.3) is 0 Å². The van der Waals surface area contributed by atoms with Crippen LogP contribution in [0.1, 0.15) is 59.8 Å². The van der Waals surface area contributed by atoms with Gasteiger partial charge in [-0.1, -0.05) is 51.6 Å². The molecule has 0 unspecified atom stereocenters. The van der Waals surface area contributed by atoms with Crippen LogP contribution >= 0.6 is 11.8 Å². The van der Waals surface area contributed by atoms with Crippen molar-refractivity contribution in [2.75, 3.05) is 0 Å². The summed E-state index contributed by atoms with van der Waals surface area (Å²) in [6.07, 6.45) is 8.50. The number of carbonyl (C=O) groups excluding carboxylic acids is 2. The molecule has 2 nitrogen and oxygen atoms in total. The van der Waals surface area contributed by atoms with E-state index in [4.69, 9.17) is 0 Å². The molecule has 0 saturated heterocycles. The molecule has 0 heterocycles. The molecule has 1 fully saturated rings. The minimum atomic E-state index is -0.310. The average Bonchev–Trinajstić information content (AvgIpc) is 2.55. The van der Waals surface area contributed by atoms with Gasteiger partial charge >= 0.3 is 0 Å². The number of thioether (sulfide) groups is 1. The number of fused-ring (bicyclic) bond motifs is 1. The summed E-state index contributed by atoms with van der Waals surface area (Å²) in [4.78, 5) is 25.0. The molecule has 2 aliphatic carbocycles. The largest absolute Gasteiger partial charge is 0.299 e. The van der Waals surface area contributed by atoms with E-state index in [1.54, 1.807) is 0 Å². The second-order valence-electron chi connectivity index (χ2n) is 7.38. The summed E-state index contributed by atoms with van der Waals surface area (Å²) in [6.45, 7) is 8.32. The van der Waals surface area contributed by atoms with Gasteiger partial charge in [0, 0.05) is 22.5 Å². The lowest BCUT2D eigenvalue weighted by atomic mass is 9.68. The van der Waals surface area contributed by atoms with Crippen molar-refractivity contribution in [2.24, 2.45) is 17.3 Å². The SMILES string of the molecule is CC(C)(C)SC(=O)[C@@H]1CC/C=C\C[C@@]2(C)C(=O)CC[C@H]12. The molecule has 3 heteroatoms. The van der Waals surface area contributed by atoms with E-state index in [-0.39, 0.29) is 22.0 Å². The Labute approximate surface area is 126 Å². The van der Waals surface area contributed by atoms with E-state index in [9.17, 15) is 9.59 Å². The molecular weight excluding hydrogens is 268 g/mol. The molecule has 0 aliphatic heterocycles. The van der Waals surface area contributed by atoms with Crippen molar-refractivity contribution in [2.45, 2.75) is 64.5 Å². The molecule has 2 aliphatic rings. The quantitative estimate of drug-likeness (QED) is 0.673. The zero-order valence-electron chi connectivity index (χ0n) is 13.1. The fraction of sp³-hybridized carbons (Fsp3) is 0.765. The predicted molar refractivity (Wildman–Crippen MR) is 84.7 cm³/mol. The zero-order chi connectivity index (χ0) is 15.0. The van der Waals surface area contributed by atoms with Crippen LogP contribution in [-0.4, -0.2) is 15.6 Å². The molecular formula is C17H26O2S. The maximum atomic E-state index is 12.7. The molecule has 20 heavy (non-hydrogen) atoms. The summed E-state index contributed by atoms with van der Waals surface area (Å²) >= 11 is 1.45. The van der Waals surface area contributed by atoms with Gasteiger partial charge in [0.1, 0.15) is 5.78 Å². The highest BCUT2D eigenvalue weighted by molar-refractivity contribution is 8.14. The molecule has 112 valence electrons. The third kappa shape index (κ3) is 3.19. The van der Waals surface area contributed by atoms with Crippen molar-refractivity contribution < 1.29 is 9.59 Å². The fourth-order valence-electron chi connectivity index (χ4n) is 3.59. The molecule has 0 aromatic heterocycles. The summed E-state index contributed by atoms with van der Waals surface area (Å²) < 4.78 is -0.0473. The minimum Gasteiger partial charge on any atom is -0.299 e. The molecule has 0 bridgehead atoms. The smallest absolute Gasteiger partial charge is 0.192 e. The lowest BCUT2D eigenvalue weighted by Crippen LogP contribution is -2.37. The normalized spacial score (nSPS) is 36.1. The lowest BCUT2D eigenvalue weighted by molar-refractivity contribution is -0.128. The van der Waals surface area contributed by atoms with Gasteiger partial charge in [-0.3, -0.25) is 9.59 Å². The maximum Gasteiger partial charge on any atom is 0.192 e. The van der Waals surface area contributed by atoms with Crippen molar-refractivity contribution in [3.05, 3.63) is 12.2 Å². The first kappa shape index (κ1) is 15.8. The summed E-state index contributed by atoms with van der Waals surface area (Å²) in [5, 5.41) is 0.290. The van der Waals surface area contributed by atoms with Crippen LogP contribution in [0.4, 0.5) is 0 Å². The topological polar surface area (TPSA) is 34.1 Å². The molecule has 3 atom stereocenters. The van der Waals surface area contributed by atoms with Gasteiger partial charge in [0.2, 0.25) is 0 Å². The Bertz CT molecular complexity index is 433. The van der Waals surface area contributed by atoms with Gasteiger partial charge in [-0.2, -0.15) is 0 Å². The van der Waals surface area contributed by atoms with E-state index in [0.717, 1.165) is 25.7 Å². The van der Waals surface area contributed by atoms with Crippen LogP contribution in [0, 0.1) is 17.3 Å². The number of ketones is 1. The van der Waals surface area contributed by atoms with E-state index >= 15 is 0 Å². The van der Waals surface area contributed by atoms with Crippen LogP contribution in [0.5, 0.6) is 0 Å². The molecule has 0 amide bonds. The van der Waals surface area contributed by atoms with Gasteiger partial charge in [-0.05, 0) is 31.6 Å². The van der Waals surface area contributed by atoms with Crippen molar-refractivity contribution in [3.63, 3.8) is 0 Å². The van der Waals surface area contributed by atoms with Crippen molar-refractivity contribution in [1.82, 2.24) is 0 Å². The number of hydrogen-bond acceptors (Lipinski definition) is 3. The first-order valence-corrected chi connectivity index (χ1v) is 8.47. The highest BCUT2D eigenvalue weighted by Gasteiger charge is 2.50. The number of hydrogen-bond donors (Lipinski definition) is 0. The number of carbonyl (C=O) groups is 2. The molecule has 0 radical (unpaired) electrons. The second kappa shape index (κ2) is 5.67. The van der Waals surface area contributed by atoms with E-state index in [1.807, 2.05) is 0 Å². The molecule has 0 spiro atoms. The standard InChI is InChI=1S/C17H26O2S/c1-16(2,3)20-15(19)12-8-6-5-7-11-17(4)13(12)9-10-14(17)18/h5,7,12-13H,6,8-11H2,1-4H3/b7-5-/t12-,13-,17-/m1/s1. The highest BCUT2D eigenvalue weighted by Crippen LogP contribution is 2.50. The summed E-state index contributed by atoms with van der Waals surface area (Å²) in [7, 11) is 0. The van der Waals surface area contributed by atoms with E-state index < -0.39 is 0 Å². The van der Waals surface area contributed by atoms with Crippen molar-refractivity contribution in [1.29, 1.82) is 0 Å². The Morgan fingerprint density at radius 2 is 2.00 bits per heavy atom. The van der Waals surface area contributed by atoms with Crippen molar-refractivity contribution >= 4 is 22.7 Å². The molecule has 0 aromatic carbocycles. The second-order valence-corrected chi connectivity index (χ2v) is 9.21. The van der Waals surface area contributed by atoms with Gasteiger partial charge in [0.25, 0.3) is 0 Å². The van der Waals surface area contributed by atoms with Crippen LogP contribution in [0.15, 0.2) is 12.2 Å². The van der Waals surface area contributed by atoms with E-state index in [1.165, 1.54) is 11.8 Å². The number of rotatable bonds is 1. The Morgan fingerprint density at radius 1 is 1.30 bits per heavy atom. The number of allylic oxidation sites excluding steroid dienone is 2. The first-order chi connectivity index (χ1) is 9.24. The molecule has 1 saturated carbocycles. The third-order valence-corrected chi connectivity index (χ3v) is 5.80. The summed E-state index contributed by atoms with van der Waals surface area (Å²) in [6, 6.07) is 0. The van der Waals surface area contributed by atoms with Crippen LogP contribution < -0.4 is 0 Å². The van der Waals surface area contributed by atoms with Gasteiger partial charge in [0.15, 0.2) is 5.12 Å². The Morgan fingerprint density at radius 3 is 2.65 bits per heavy atom. The zero-order valence-corrected chi connectivity index (χ0v) is 13.9. The molecule has 0 aromatic rings. The van der Waals surface area contributed by atoms with Gasteiger partial charge < -0.3 is 0 Å². The summed E-state index contributed by atoms with van der Waals surface area (Å²) in [5.74, 6) is 0.635. The summed E-state index contributed by atoms with van der Waals surface area (Å²) in [5.41, 5.74) is -0.310. The van der Waals surface area contributed by atoms with Crippen LogP contribution in [0.3, 0.4) is 0 Å². The van der Waals surface area contributed by atoms with Crippen LogP contribution in [0.2, 0.25) is 0 Å². The monoisotopic (exact) mass is 294 g/mol. The first-order valence-electron chi connectivity index (χ1n) is 7.65. The molecule has 0 N–H and O–H groups in total. The fourth-order valence-corrected chi connectivity index (χ4v) is 4.63. The van der Waals surface area contributed by atoms with Gasteiger partial charge in [-0.15, -0.1) is 0 Å². The lowest BCUT2D eigenvalue weighted by Gasteiger charge is -2.36. The van der Waals surface area contributed by atoms with Gasteiger partial charge in [-0.25, -0.2) is 0 Å². The molecule has 2 rings (SSSR count). The van der Waals surface area contributed by atoms with E-state index in [0.29, 0.717) is 17.3 Å². The predicted octanol–water partition coefficient (Wildman–Crippen LogP) is 4.39. The van der Waals surface area contributed by atoms with Crippen LogP contribution in [-0.2, 0) is 9.59 Å². The Balaban J connectivity index is 2.25. The maximum absolute atomic E-state index is 12.7. The average molecular weight is 294 g/mol. The van der Waals surface area contributed by atoms with Gasteiger partial charge in [0.05, 0.1) is 0 Å². The third-order valence-electron chi connectivity index (χ3n) is 4.69. The van der Waals surface area contributed by atoms with Crippen molar-refractivity contribution in [3.8, 4) is 0 Å². The highest BCUT2D eigenvalue weighted by atomic mass is 32.2.